The molecule has 69 heavy (non-hydrogen) atoms. The molecule has 0 bridgehead atoms. The largest absolute Gasteiger partial charge is 0.495 e. The molecule has 1 atom stereocenters. The first-order valence-electron chi connectivity index (χ1n) is 23.4. The molecule has 2 N–H and O–H groups in total. The standard InChI is InChI=1S/C47H54ClF2N11O8/c1-55(42(65)30-23-36(69-3)32(24-31(30)48)52-46-51-25-35-40(54-46)60(28-7-4-5-8-28)26-47(49,50)45(68)56(35)2)27-13-17-59(18-14-27)38(63)15-16-57-19-21-58(22-20-57)33-10-6-9-29-39(33)44(67)61(43(29)66)34-11-12-37(62)53-41(34)64/h6,9-10,23-25,27-28,34H,4-5,7-8,11-22,26H2,1-3H3,(H,51,52,54)(H,53,62,64). The zero-order valence-electron chi connectivity index (χ0n) is 38.6. The predicted octanol–water partition coefficient (Wildman–Crippen LogP) is 3.92. The maximum absolute atomic E-state index is 15.1. The van der Waals surface area contributed by atoms with Crippen LogP contribution in [-0.4, -0.2) is 169 Å². The molecule has 1 saturated carbocycles. The molecule has 4 fully saturated rings. The van der Waals surface area contributed by atoms with Crippen molar-refractivity contribution in [3.05, 3.63) is 58.2 Å². The minimum absolute atomic E-state index is 0.0161. The molecule has 1 unspecified atom stereocenters. The van der Waals surface area contributed by atoms with Gasteiger partial charge in [-0.3, -0.25) is 48.7 Å². The predicted molar refractivity (Wildman–Crippen MR) is 249 cm³/mol. The number of aromatic nitrogens is 2. The number of likely N-dealkylation sites (tertiary alicyclic amines) is 1. The van der Waals surface area contributed by atoms with Crippen LogP contribution in [0.4, 0.5) is 37.6 Å². The highest BCUT2D eigenvalue weighted by molar-refractivity contribution is 6.34. The van der Waals surface area contributed by atoms with Crippen LogP contribution in [0.1, 0.15) is 88.9 Å². The van der Waals surface area contributed by atoms with E-state index >= 15 is 8.78 Å². The highest BCUT2D eigenvalue weighted by Crippen LogP contribution is 2.41. The summed E-state index contributed by atoms with van der Waals surface area (Å²) in [6.07, 6.45) is 6.05. The molecule has 5 aliphatic heterocycles. The molecule has 19 nitrogen and oxygen atoms in total. The van der Waals surface area contributed by atoms with Crippen LogP contribution in [-0.2, 0) is 19.2 Å². The van der Waals surface area contributed by atoms with Crippen molar-refractivity contribution in [2.45, 2.75) is 81.8 Å². The summed E-state index contributed by atoms with van der Waals surface area (Å²) in [5.41, 5.74) is 1.81. The minimum atomic E-state index is -3.62. The Balaban J connectivity index is 0.771. The van der Waals surface area contributed by atoms with E-state index in [9.17, 15) is 33.6 Å². The van der Waals surface area contributed by atoms with Gasteiger partial charge in [0.15, 0.2) is 5.82 Å². The second-order valence-electron chi connectivity index (χ2n) is 18.4. The molecule has 6 aliphatic rings. The number of piperidine rings is 2. The molecule has 366 valence electrons. The van der Waals surface area contributed by atoms with Crippen molar-refractivity contribution in [3.63, 3.8) is 0 Å². The topological polar surface area (TPSA) is 201 Å². The number of nitrogens with zero attached hydrogens (tertiary/aromatic N) is 9. The summed E-state index contributed by atoms with van der Waals surface area (Å²) in [5, 5.41) is 5.43. The van der Waals surface area contributed by atoms with Crippen LogP contribution in [0.25, 0.3) is 0 Å². The van der Waals surface area contributed by atoms with Crippen LogP contribution in [0.2, 0.25) is 5.02 Å². The molecule has 1 aromatic heterocycles. The third-order valence-corrected chi connectivity index (χ3v) is 14.7. The van der Waals surface area contributed by atoms with Gasteiger partial charge in [-0.05, 0) is 56.4 Å². The minimum Gasteiger partial charge on any atom is -0.495 e. The van der Waals surface area contributed by atoms with Crippen molar-refractivity contribution in [1.29, 1.82) is 0 Å². The fourth-order valence-electron chi connectivity index (χ4n) is 10.5. The smallest absolute Gasteiger partial charge is 0.342 e. The number of halogens is 3. The van der Waals surface area contributed by atoms with Crippen LogP contribution < -0.4 is 30.1 Å². The van der Waals surface area contributed by atoms with Gasteiger partial charge in [0.25, 0.3) is 23.6 Å². The molecule has 0 radical (unpaired) electrons. The Morgan fingerprint density at radius 2 is 1.68 bits per heavy atom. The van der Waals surface area contributed by atoms with E-state index in [1.54, 1.807) is 30.1 Å². The number of rotatable bonds is 11. The zero-order valence-corrected chi connectivity index (χ0v) is 39.4. The Bertz CT molecular complexity index is 2600. The highest BCUT2D eigenvalue weighted by atomic mass is 35.5. The fraction of sp³-hybridized carbons (Fsp3) is 0.511. The van der Waals surface area contributed by atoms with Crippen LogP contribution in [0.15, 0.2) is 36.5 Å². The number of nitrogens with one attached hydrogen (secondary N) is 2. The third-order valence-electron chi connectivity index (χ3n) is 14.4. The lowest BCUT2D eigenvalue weighted by Crippen LogP contribution is -2.54. The average Bonchev–Trinajstić information content (AvgIpc) is 3.96. The number of carbonyl (C=O) groups is 7. The number of carbonyl (C=O) groups excluding carboxylic acids is 7. The van der Waals surface area contributed by atoms with Gasteiger partial charge in [0.1, 0.15) is 17.5 Å². The molecular formula is C47H54ClF2N11O8. The lowest BCUT2D eigenvalue weighted by Gasteiger charge is -2.38. The van der Waals surface area contributed by atoms with Gasteiger partial charge in [-0.15, -0.1) is 0 Å². The van der Waals surface area contributed by atoms with Crippen molar-refractivity contribution >= 4 is 81.8 Å². The van der Waals surface area contributed by atoms with Gasteiger partial charge in [0, 0.05) is 84.8 Å². The summed E-state index contributed by atoms with van der Waals surface area (Å²) < 4.78 is 35.9. The number of piperazine rings is 1. The second-order valence-corrected chi connectivity index (χ2v) is 18.9. The molecule has 1 aliphatic carbocycles. The van der Waals surface area contributed by atoms with Crippen molar-refractivity contribution in [3.8, 4) is 5.75 Å². The van der Waals surface area contributed by atoms with Crippen molar-refractivity contribution < 1.29 is 47.1 Å². The molecule has 7 amide bonds. The summed E-state index contributed by atoms with van der Waals surface area (Å²) in [6.45, 7) is 3.05. The van der Waals surface area contributed by atoms with E-state index in [0.717, 1.165) is 22.6 Å². The van der Waals surface area contributed by atoms with E-state index in [2.05, 4.69) is 25.5 Å². The number of alkyl halides is 2. The molecule has 3 saturated heterocycles. The number of anilines is 5. The lowest BCUT2D eigenvalue weighted by molar-refractivity contribution is -0.140. The molecule has 6 heterocycles. The quantitative estimate of drug-likeness (QED) is 0.262. The highest BCUT2D eigenvalue weighted by Gasteiger charge is 2.49. The van der Waals surface area contributed by atoms with Gasteiger partial charge < -0.3 is 34.6 Å². The Morgan fingerprint density at radius 3 is 2.38 bits per heavy atom. The Kier molecular flexibility index (Phi) is 13.2. The summed E-state index contributed by atoms with van der Waals surface area (Å²) in [7, 11) is 4.43. The normalized spacial score (nSPS) is 21.3. The Labute approximate surface area is 402 Å². The van der Waals surface area contributed by atoms with Gasteiger partial charge in [-0.2, -0.15) is 13.8 Å². The van der Waals surface area contributed by atoms with E-state index in [0.29, 0.717) is 89.3 Å². The second kappa shape index (κ2) is 19.1. The Hall–Kier alpha value is -6.48. The summed E-state index contributed by atoms with van der Waals surface area (Å²) in [5.74, 6) is -6.91. The van der Waals surface area contributed by atoms with Crippen LogP contribution in [0.5, 0.6) is 5.75 Å². The molecule has 3 aromatic rings. The summed E-state index contributed by atoms with van der Waals surface area (Å²) in [4.78, 5) is 111. The maximum atomic E-state index is 15.1. The van der Waals surface area contributed by atoms with Gasteiger partial charge in [-0.25, -0.2) is 4.98 Å². The number of fused-ring (bicyclic) bond motifs is 2. The average molecular weight is 974 g/mol. The van der Waals surface area contributed by atoms with E-state index < -0.39 is 48.0 Å². The number of amides is 7. The number of hydrogen-bond acceptors (Lipinski definition) is 14. The first-order valence-corrected chi connectivity index (χ1v) is 23.7. The van der Waals surface area contributed by atoms with Gasteiger partial charge >= 0.3 is 5.92 Å². The molecule has 9 rings (SSSR count). The van der Waals surface area contributed by atoms with Gasteiger partial charge in [0.2, 0.25) is 23.7 Å². The number of hydrogen-bond donors (Lipinski definition) is 2. The number of imide groups is 2. The van der Waals surface area contributed by atoms with Crippen molar-refractivity contribution in [2.24, 2.45) is 0 Å². The monoisotopic (exact) mass is 973 g/mol. The van der Waals surface area contributed by atoms with E-state index in [1.807, 2.05) is 9.80 Å². The third kappa shape index (κ3) is 9.13. The van der Waals surface area contributed by atoms with Crippen molar-refractivity contribution in [1.82, 2.24) is 34.9 Å². The van der Waals surface area contributed by atoms with Crippen LogP contribution >= 0.6 is 11.6 Å². The fourth-order valence-corrected chi connectivity index (χ4v) is 10.7. The number of ether oxygens (including phenoxy) is 1. The summed E-state index contributed by atoms with van der Waals surface area (Å²) in [6, 6.07) is 6.72. The summed E-state index contributed by atoms with van der Waals surface area (Å²) >= 11 is 6.76. The van der Waals surface area contributed by atoms with Crippen LogP contribution in [0.3, 0.4) is 0 Å². The molecular weight excluding hydrogens is 920 g/mol. The zero-order chi connectivity index (χ0) is 48.9. The molecule has 0 spiro atoms. The SMILES string of the molecule is COc1cc(C(=O)N(C)C2CCN(C(=O)CCN3CCN(c4cccc5c4C(=O)N(C4CCC(=O)NC4=O)C5=O)CC3)CC2)c(Cl)cc1Nc1ncc2c(n1)N(C1CCCC1)CC(F)(F)C(=O)N2C. The maximum Gasteiger partial charge on any atom is 0.342 e. The number of methoxy groups -OCH3 is 1. The van der Waals surface area contributed by atoms with Gasteiger partial charge in [-0.1, -0.05) is 30.5 Å². The lowest BCUT2D eigenvalue weighted by atomic mass is 10.0. The van der Waals surface area contributed by atoms with E-state index in [-0.39, 0.29) is 81.7 Å². The van der Waals surface area contributed by atoms with E-state index in [4.69, 9.17) is 16.3 Å². The van der Waals surface area contributed by atoms with Crippen LogP contribution in [0, 0.1) is 0 Å². The van der Waals surface area contributed by atoms with Gasteiger partial charge in [0.05, 0.1) is 52.9 Å². The molecule has 22 heteroatoms. The first-order chi connectivity index (χ1) is 33.0. The first kappa shape index (κ1) is 47.6. The Morgan fingerprint density at radius 1 is 0.957 bits per heavy atom. The molecule has 2 aromatic carbocycles. The number of benzene rings is 2. The van der Waals surface area contributed by atoms with Crippen molar-refractivity contribution in [2.75, 3.05) is 93.6 Å². The van der Waals surface area contributed by atoms with E-state index in [1.165, 1.54) is 37.4 Å².